The number of aliphatic carboxylic acids is 1. The summed E-state index contributed by atoms with van der Waals surface area (Å²) in [6.45, 7) is 4.00. The molecule has 0 heterocycles. The van der Waals surface area contributed by atoms with Crippen molar-refractivity contribution in [3.05, 3.63) is 35.9 Å². The average Bonchev–Trinajstić information content (AvgIpc) is 2.21. The first-order valence-electron chi connectivity index (χ1n) is 4.65. The second kappa shape index (κ2) is 7.09. The van der Waals surface area contributed by atoms with Crippen LogP contribution in [0.5, 0.6) is 0 Å². The number of rotatable bonds is 3. The van der Waals surface area contributed by atoms with Crippen molar-refractivity contribution in [3.8, 4) is 0 Å². The van der Waals surface area contributed by atoms with Gasteiger partial charge in [-0.1, -0.05) is 44.2 Å². The molecular weight excluding hydrogens is 180 g/mol. The summed E-state index contributed by atoms with van der Waals surface area (Å²) in [4.78, 5) is 10.2. The summed E-state index contributed by atoms with van der Waals surface area (Å²) < 4.78 is 0. The third-order valence-corrected chi connectivity index (χ3v) is 1.55. The topological polar surface area (TPSA) is 57.5 Å². The van der Waals surface area contributed by atoms with Crippen LogP contribution in [0.15, 0.2) is 30.3 Å². The van der Waals surface area contributed by atoms with Gasteiger partial charge in [0.1, 0.15) is 0 Å². The summed E-state index contributed by atoms with van der Waals surface area (Å²) in [5.41, 5.74) is 0.639. The van der Waals surface area contributed by atoms with Gasteiger partial charge in [0.25, 0.3) is 0 Å². The van der Waals surface area contributed by atoms with Crippen LogP contribution < -0.4 is 0 Å². The van der Waals surface area contributed by atoms with Gasteiger partial charge in [-0.3, -0.25) is 4.79 Å². The Morgan fingerprint density at radius 2 is 1.79 bits per heavy atom. The summed E-state index contributed by atoms with van der Waals surface area (Å²) in [6.07, 6.45) is -1.15. The van der Waals surface area contributed by atoms with Crippen molar-refractivity contribution in [2.45, 2.75) is 26.4 Å². The smallest absolute Gasteiger partial charge is 0.306 e. The summed E-state index contributed by atoms with van der Waals surface area (Å²) in [5, 5.41) is 17.7. The average molecular weight is 196 g/mol. The predicted molar refractivity (Wildman–Crippen MR) is 55.0 cm³/mol. The van der Waals surface area contributed by atoms with Crippen LogP contribution in [-0.4, -0.2) is 16.2 Å². The highest BCUT2D eigenvalue weighted by molar-refractivity contribution is 5.67. The molecule has 1 atom stereocenters. The molecule has 0 amide bonds. The van der Waals surface area contributed by atoms with Crippen LogP contribution in [-0.2, 0) is 4.79 Å². The Bertz CT molecular complexity index is 256. The van der Waals surface area contributed by atoms with Crippen molar-refractivity contribution in [1.29, 1.82) is 0 Å². The standard InChI is InChI=1S/C9H10O3.C2H6/c10-8(6-9(11)12)7-4-2-1-3-5-7;1-2/h1-5,8,10H,6H2,(H,11,12);1-2H3. The Morgan fingerprint density at radius 1 is 1.29 bits per heavy atom. The fourth-order valence-corrected chi connectivity index (χ4v) is 0.958. The van der Waals surface area contributed by atoms with E-state index in [9.17, 15) is 9.90 Å². The minimum absolute atomic E-state index is 0.246. The molecule has 78 valence electrons. The predicted octanol–water partition coefficient (Wildman–Crippen LogP) is 2.22. The molecule has 14 heavy (non-hydrogen) atoms. The molecule has 0 spiro atoms. The zero-order valence-corrected chi connectivity index (χ0v) is 8.47. The lowest BCUT2D eigenvalue weighted by atomic mass is 10.1. The van der Waals surface area contributed by atoms with Crippen LogP contribution >= 0.6 is 0 Å². The highest BCUT2D eigenvalue weighted by Crippen LogP contribution is 2.15. The highest BCUT2D eigenvalue weighted by Gasteiger charge is 2.10. The number of benzene rings is 1. The first-order chi connectivity index (χ1) is 6.70. The van der Waals surface area contributed by atoms with E-state index in [0.29, 0.717) is 5.56 Å². The molecule has 0 bridgehead atoms. The maximum atomic E-state index is 10.2. The number of carboxylic acid groups (broad SMARTS) is 1. The van der Waals surface area contributed by atoms with Crippen LogP contribution in [0.2, 0.25) is 0 Å². The molecule has 0 aliphatic heterocycles. The molecule has 0 fully saturated rings. The molecule has 1 aromatic carbocycles. The molecule has 0 aromatic heterocycles. The van der Waals surface area contributed by atoms with E-state index in [1.165, 1.54) is 0 Å². The molecule has 1 rings (SSSR count). The Kier molecular flexibility index (Phi) is 6.41. The Labute approximate surface area is 84.0 Å². The van der Waals surface area contributed by atoms with E-state index in [4.69, 9.17) is 5.11 Å². The second-order valence-electron chi connectivity index (χ2n) is 2.52. The first-order valence-corrected chi connectivity index (χ1v) is 4.65. The molecular formula is C11H16O3. The molecule has 3 heteroatoms. The van der Waals surface area contributed by atoms with Crippen molar-refractivity contribution < 1.29 is 15.0 Å². The van der Waals surface area contributed by atoms with E-state index in [2.05, 4.69) is 0 Å². The lowest BCUT2D eigenvalue weighted by Crippen LogP contribution is -2.04. The summed E-state index contributed by atoms with van der Waals surface area (Å²) >= 11 is 0. The van der Waals surface area contributed by atoms with Crippen molar-refractivity contribution >= 4 is 5.97 Å². The van der Waals surface area contributed by atoms with Gasteiger partial charge in [-0.15, -0.1) is 0 Å². The third-order valence-electron chi connectivity index (χ3n) is 1.55. The van der Waals surface area contributed by atoms with Gasteiger partial charge in [-0.25, -0.2) is 0 Å². The van der Waals surface area contributed by atoms with Crippen molar-refractivity contribution in [3.63, 3.8) is 0 Å². The third kappa shape index (κ3) is 4.62. The molecule has 0 saturated heterocycles. The van der Waals surface area contributed by atoms with Gasteiger partial charge in [0.2, 0.25) is 0 Å². The number of hydrogen-bond donors (Lipinski definition) is 2. The maximum absolute atomic E-state index is 10.2. The molecule has 0 saturated carbocycles. The molecule has 0 aliphatic rings. The van der Waals surface area contributed by atoms with Crippen molar-refractivity contribution in [1.82, 2.24) is 0 Å². The summed E-state index contributed by atoms with van der Waals surface area (Å²) in [6, 6.07) is 8.75. The van der Waals surface area contributed by atoms with Crippen molar-refractivity contribution in [2.75, 3.05) is 0 Å². The van der Waals surface area contributed by atoms with Gasteiger partial charge >= 0.3 is 5.97 Å². The number of carboxylic acids is 1. The Balaban J connectivity index is 0.000000791. The van der Waals surface area contributed by atoms with E-state index in [-0.39, 0.29) is 6.42 Å². The molecule has 0 aliphatic carbocycles. The van der Waals surface area contributed by atoms with Gasteiger partial charge in [0, 0.05) is 0 Å². The number of hydrogen-bond acceptors (Lipinski definition) is 2. The minimum atomic E-state index is -0.994. The van der Waals surface area contributed by atoms with Crippen LogP contribution in [0, 0.1) is 0 Å². The van der Waals surface area contributed by atoms with Crippen LogP contribution in [0.25, 0.3) is 0 Å². The fourth-order valence-electron chi connectivity index (χ4n) is 0.958. The lowest BCUT2D eigenvalue weighted by Gasteiger charge is -2.06. The van der Waals surface area contributed by atoms with Crippen LogP contribution in [0.4, 0.5) is 0 Å². The monoisotopic (exact) mass is 196 g/mol. The number of aliphatic hydroxyl groups excluding tert-OH is 1. The minimum Gasteiger partial charge on any atom is -0.481 e. The summed E-state index contributed by atoms with van der Waals surface area (Å²) in [5.74, 6) is -0.994. The fraction of sp³-hybridized carbons (Fsp3) is 0.364. The van der Waals surface area contributed by atoms with E-state index in [0.717, 1.165) is 0 Å². The Hall–Kier alpha value is -1.35. The quantitative estimate of drug-likeness (QED) is 0.779. The molecule has 1 unspecified atom stereocenters. The SMILES string of the molecule is CC.O=C(O)CC(O)c1ccccc1. The zero-order valence-electron chi connectivity index (χ0n) is 8.47. The molecule has 0 radical (unpaired) electrons. The van der Waals surface area contributed by atoms with Gasteiger partial charge in [0.05, 0.1) is 12.5 Å². The lowest BCUT2D eigenvalue weighted by molar-refractivity contribution is -0.139. The van der Waals surface area contributed by atoms with E-state index >= 15 is 0 Å². The largest absolute Gasteiger partial charge is 0.481 e. The highest BCUT2D eigenvalue weighted by atomic mass is 16.4. The summed E-state index contributed by atoms with van der Waals surface area (Å²) in [7, 11) is 0. The van der Waals surface area contributed by atoms with Crippen molar-refractivity contribution in [2.24, 2.45) is 0 Å². The van der Waals surface area contributed by atoms with Gasteiger partial charge in [-0.2, -0.15) is 0 Å². The first kappa shape index (κ1) is 12.7. The van der Waals surface area contributed by atoms with E-state index in [1.54, 1.807) is 24.3 Å². The van der Waals surface area contributed by atoms with Gasteiger partial charge in [-0.05, 0) is 5.56 Å². The number of aliphatic hydroxyl groups is 1. The number of carbonyl (C=O) groups is 1. The zero-order chi connectivity index (χ0) is 11.0. The Morgan fingerprint density at radius 3 is 2.21 bits per heavy atom. The van der Waals surface area contributed by atoms with Crippen LogP contribution in [0.3, 0.4) is 0 Å². The van der Waals surface area contributed by atoms with Gasteiger partial charge in [0.15, 0.2) is 0 Å². The normalized spacial score (nSPS) is 11.1. The molecule has 2 N–H and O–H groups in total. The second-order valence-corrected chi connectivity index (χ2v) is 2.52. The maximum Gasteiger partial charge on any atom is 0.306 e. The van der Waals surface area contributed by atoms with Crippen LogP contribution in [0.1, 0.15) is 31.9 Å². The van der Waals surface area contributed by atoms with E-state index < -0.39 is 12.1 Å². The molecule has 1 aromatic rings. The van der Waals surface area contributed by atoms with E-state index in [1.807, 2.05) is 19.9 Å². The van der Waals surface area contributed by atoms with Gasteiger partial charge < -0.3 is 10.2 Å². The molecule has 3 nitrogen and oxygen atoms in total.